The molecule has 0 bridgehead atoms. The van der Waals surface area contributed by atoms with Gasteiger partial charge in [0, 0.05) is 29.1 Å². The maximum absolute atomic E-state index is 13.0. The van der Waals surface area contributed by atoms with Crippen LogP contribution in [0.1, 0.15) is 32.7 Å². The van der Waals surface area contributed by atoms with Gasteiger partial charge in [-0.25, -0.2) is 21.6 Å². The summed E-state index contributed by atoms with van der Waals surface area (Å²) in [7, 11) is -7.05. The van der Waals surface area contributed by atoms with Gasteiger partial charge in [0.1, 0.15) is 0 Å². The standard InChI is InChI=1S/C24H22N2O6S2/c27-23-20-5-1-3-17-4-2-6-21(22(17)20)24(28)26(23)13-11-16-7-9-19(10-8-16)34(31,32)25-18-12-14-33(29,30)15-18/h1-10,18,25H,11-15H2. The summed E-state index contributed by atoms with van der Waals surface area (Å²) in [6.07, 6.45) is 0.624. The zero-order valence-electron chi connectivity index (χ0n) is 18.1. The van der Waals surface area contributed by atoms with Crippen LogP contribution in [-0.4, -0.2) is 57.6 Å². The van der Waals surface area contributed by atoms with E-state index < -0.39 is 25.9 Å². The maximum atomic E-state index is 13.0. The summed E-state index contributed by atoms with van der Waals surface area (Å²) in [6, 6.07) is 16.3. The Morgan fingerprint density at radius 1 is 0.912 bits per heavy atom. The van der Waals surface area contributed by atoms with E-state index in [9.17, 15) is 26.4 Å². The largest absolute Gasteiger partial charge is 0.274 e. The number of carbonyl (C=O) groups excluding carboxylic acids is 2. The summed E-state index contributed by atoms with van der Waals surface area (Å²) in [5.41, 5.74) is 1.75. The third-order valence-electron chi connectivity index (χ3n) is 6.27. The highest BCUT2D eigenvalue weighted by Crippen LogP contribution is 2.30. The van der Waals surface area contributed by atoms with E-state index in [1.165, 1.54) is 17.0 Å². The van der Waals surface area contributed by atoms with Crippen LogP contribution in [0.2, 0.25) is 0 Å². The van der Waals surface area contributed by atoms with Gasteiger partial charge < -0.3 is 0 Å². The van der Waals surface area contributed by atoms with Crippen molar-refractivity contribution in [1.29, 1.82) is 0 Å². The minimum atomic E-state index is -3.85. The van der Waals surface area contributed by atoms with E-state index >= 15 is 0 Å². The van der Waals surface area contributed by atoms with E-state index in [1.807, 2.05) is 12.1 Å². The molecule has 2 heterocycles. The van der Waals surface area contributed by atoms with Crippen LogP contribution in [0.25, 0.3) is 10.8 Å². The first kappa shape index (κ1) is 22.7. The second-order valence-corrected chi connectivity index (χ2v) is 12.5. The molecule has 1 saturated heterocycles. The van der Waals surface area contributed by atoms with Crippen molar-refractivity contribution in [3.05, 3.63) is 77.4 Å². The van der Waals surface area contributed by atoms with Gasteiger partial charge in [0.2, 0.25) is 10.0 Å². The van der Waals surface area contributed by atoms with Crippen LogP contribution in [0.5, 0.6) is 0 Å². The fraction of sp³-hybridized carbons (Fsp3) is 0.250. The lowest BCUT2D eigenvalue weighted by molar-refractivity contribution is 0.0612. The van der Waals surface area contributed by atoms with Gasteiger partial charge in [0.15, 0.2) is 9.84 Å². The first-order valence-corrected chi connectivity index (χ1v) is 14.1. The lowest BCUT2D eigenvalue weighted by atomic mass is 9.94. The zero-order valence-corrected chi connectivity index (χ0v) is 19.7. The normalized spacial score (nSPS) is 19.6. The van der Waals surface area contributed by atoms with Crippen molar-refractivity contribution in [3.8, 4) is 0 Å². The van der Waals surface area contributed by atoms with Crippen molar-refractivity contribution in [2.24, 2.45) is 0 Å². The number of sulfonamides is 1. The number of sulfone groups is 1. The van der Waals surface area contributed by atoms with Crippen LogP contribution in [0.15, 0.2) is 65.6 Å². The SMILES string of the molecule is O=C1c2cccc3cccc(c23)C(=O)N1CCc1ccc(S(=O)(=O)NC2CCS(=O)(=O)C2)cc1. The van der Waals surface area contributed by atoms with E-state index in [0.717, 1.165) is 10.9 Å². The Kier molecular flexibility index (Phi) is 5.54. The van der Waals surface area contributed by atoms with E-state index in [2.05, 4.69) is 4.72 Å². The van der Waals surface area contributed by atoms with E-state index in [0.29, 0.717) is 22.9 Å². The summed E-state index contributed by atoms with van der Waals surface area (Å²) in [6.45, 7) is 0.159. The molecule has 1 atom stereocenters. The fourth-order valence-electron chi connectivity index (χ4n) is 4.54. The second-order valence-electron chi connectivity index (χ2n) is 8.59. The number of imide groups is 1. The minimum Gasteiger partial charge on any atom is -0.274 e. The Balaban J connectivity index is 1.29. The first-order chi connectivity index (χ1) is 16.1. The second kappa shape index (κ2) is 8.30. The number of nitrogens with zero attached hydrogens (tertiary/aromatic N) is 1. The van der Waals surface area contributed by atoms with Gasteiger partial charge in [-0.3, -0.25) is 14.5 Å². The van der Waals surface area contributed by atoms with Gasteiger partial charge in [0.05, 0.1) is 16.4 Å². The predicted molar refractivity (Wildman–Crippen MR) is 127 cm³/mol. The molecule has 8 nitrogen and oxygen atoms in total. The lowest BCUT2D eigenvalue weighted by Gasteiger charge is -2.27. The molecule has 1 fully saturated rings. The number of amides is 2. The van der Waals surface area contributed by atoms with Crippen LogP contribution < -0.4 is 4.72 Å². The molecular formula is C24H22N2O6S2. The predicted octanol–water partition coefficient (Wildman–Crippen LogP) is 2.14. The van der Waals surface area contributed by atoms with Crippen molar-refractivity contribution >= 4 is 42.4 Å². The van der Waals surface area contributed by atoms with Crippen molar-refractivity contribution in [2.75, 3.05) is 18.1 Å². The molecular weight excluding hydrogens is 476 g/mol. The van der Waals surface area contributed by atoms with Gasteiger partial charge >= 0.3 is 0 Å². The lowest BCUT2D eigenvalue weighted by Crippen LogP contribution is -2.41. The summed E-state index contributed by atoms with van der Waals surface area (Å²) in [5.74, 6) is -0.904. The topological polar surface area (TPSA) is 118 Å². The molecule has 1 unspecified atom stereocenters. The molecule has 2 aliphatic rings. The molecule has 0 aliphatic carbocycles. The molecule has 1 N–H and O–H groups in total. The van der Waals surface area contributed by atoms with Gasteiger partial charge in [-0.2, -0.15) is 0 Å². The number of hydrogen-bond donors (Lipinski definition) is 1. The average Bonchev–Trinajstić information content (AvgIpc) is 3.15. The van der Waals surface area contributed by atoms with Crippen LogP contribution in [0, 0.1) is 0 Å². The van der Waals surface area contributed by atoms with Crippen molar-refractivity contribution in [2.45, 2.75) is 23.8 Å². The van der Waals surface area contributed by atoms with Gasteiger partial charge in [-0.05, 0) is 48.1 Å². The summed E-state index contributed by atoms with van der Waals surface area (Å²) in [4.78, 5) is 27.3. The molecule has 0 saturated carbocycles. The van der Waals surface area contributed by atoms with Crippen molar-refractivity contribution in [3.63, 3.8) is 0 Å². The molecule has 2 amide bonds. The molecule has 0 aromatic heterocycles. The Morgan fingerprint density at radius 3 is 2.09 bits per heavy atom. The van der Waals surface area contributed by atoms with E-state index in [-0.39, 0.29) is 41.2 Å². The maximum Gasteiger partial charge on any atom is 0.261 e. The quantitative estimate of drug-likeness (QED) is 0.521. The molecule has 3 aromatic rings. The Labute approximate surface area is 197 Å². The Hall–Kier alpha value is -3.08. The van der Waals surface area contributed by atoms with E-state index in [1.54, 1.807) is 36.4 Å². The zero-order chi connectivity index (χ0) is 24.1. The molecule has 176 valence electrons. The highest BCUT2D eigenvalue weighted by Gasteiger charge is 2.33. The average molecular weight is 499 g/mol. The first-order valence-electron chi connectivity index (χ1n) is 10.8. The summed E-state index contributed by atoms with van der Waals surface area (Å²) in [5, 5.41) is 1.52. The van der Waals surface area contributed by atoms with Crippen LogP contribution in [0.4, 0.5) is 0 Å². The third-order valence-corrected chi connectivity index (χ3v) is 9.57. The van der Waals surface area contributed by atoms with Crippen LogP contribution in [0.3, 0.4) is 0 Å². The molecule has 10 heteroatoms. The molecule has 3 aromatic carbocycles. The highest BCUT2D eigenvalue weighted by molar-refractivity contribution is 7.92. The highest BCUT2D eigenvalue weighted by atomic mass is 32.2. The third kappa shape index (κ3) is 4.13. The van der Waals surface area contributed by atoms with Crippen LogP contribution >= 0.6 is 0 Å². The summed E-state index contributed by atoms with van der Waals surface area (Å²) >= 11 is 0. The van der Waals surface area contributed by atoms with Gasteiger partial charge in [0.25, 0.3) is 11.8 Å². The smallest absolute Gasteiger partial charge is 0.261 e. The molecule has 0 radical (unpaired) electrons. The minimum absolute atomic E-state index is 0.0218. The van der Waals surface area contributed by atoms with Crippen molar-refractivity contribution < 1.29 is 26.4 Å². The fourth-order valence-corrected chi connectivity index (χ4v) is 7.58. The molecule has 2 aliphatic heterocycles. The van der Waals surface area contributed by atoms with E-state index in [4.69, 9.17) is 0 Å². The van der Waals surface area contributed by atoms with Crippen LogP contribution in [-0.2, 0) is 26.3 Å². The number of nitrogens with one attached hydrogen (secondary N) is 1. The Bertz CT molecular complexity index is 1480. The molecule has 5 rings (SSSR count). The van der Waals surface area contributed by atoms with Gasteiger partial charge in [-0.1, -0.05) is 36.4 Å². The van der Waals surface area contributed by atoms with Crippen molar-refractivity contribution in [1.82, 2.24) is 9.62 Å². The Morgan fingerprint density at radius 2 is 1.53 bits per heavy atom. The summed E-state index contributed by atoms with van der Waals surface area (Å²) < 4.78 is 50.8. The number of rotatable bonds is 6. The monoisotopic (exact) mass is 498 g/mol. The number of benzene rings is 3. The molecule has 0 spiro atoms. The number of carbonyl (C=O) groups is 2. The molecule has 34 heavy (non-hydrogen) atoms. The number of hydrogen-bond acceptors (Lipinski definition) is 6. The van der Waals surface area contributed by atoms with Gasteiger partial charge in [-0.15, -0.1) is 0 Å².